The van der Waals surface area contributed by atoms with Crippen molar-refractivity contribution < 1.29 is 33.5 Å². The summed E-state index contributed by atoms with van der Waals surface area (Å²) in [7, 11) is 3.69. The van der Waals surface area contributed by atoms with Gasteiger partial charge in [0, 0.05) is 94.2 Å². The van der Waals surface area contributed by atoms with E-state index in [1.807, 2.05) is 46.2 Å². The Bertz CT molecular complexity index is 2820. The predicted octanol–water partition coefficient (Wildman–Crippen LogP) is 3.35. The van der Waals surface area contributed by atoms with Crippen LogP contribution in [0, 0.1) is 11.3 Å². The molecule has 6 aliphatic rings. The molecular formula is C47H52N12O7. The molecule has 19 nitrogen and oxygen atoms in total. The molecule has 5 aromatic rings. The van der Waals surface area contributed by atoms with Gasteiger partial charge >= 0.3 is 0 Å². The first kappa shape index (κ1) is 41.8. The molecule has 1 atom stereocenters. The molecule has 1 unspecified atom stereocenters. The highest BCUT2D eigenvalue weighted by Gasteiger charge is 2.48. The van der Waals surface area contributed by atoms with Crippen molar-refractivity contribution in [3.63, 3.8) is 0 Å². The summed E-state index contributed by atoms with van der Waals surface area (Å²) in [4.78, 5) is 92.8. The number of likely N-dealkylation sites (tertiary alicyclic amines) is 1. The van der Waals surface area contributed by atoms with Crippen molar-refractivity contribution in [3.05, 3.63) is 71.7 Å². The first-order chi connectivity index (χ1) is 31.9. The molecule has 11 rings (SSSR count). The first-order valence-electron chi connectivity index (χ1n) is 23.0. The largest absolute Gasteiger partial charge is 0.494 e. The van der Waals surface area contributed by atoms with Gasteiger partial charge in [0.25, 0.3) is 17.7 Å². The smallest absolute Gasteiger partial charge is 0.262 e. The summed E-state index contributed by atoms with van der Waals surface area (Å²) in [6, 6.07) is 10.1. The number of benzene rings is 2. The number of amides is 6. The van der Waals surface area contributed by atoms with E-state index in [4.69, 9.17) is 14.8 Å². The Balaban J connectivity index is 0.680. The average molecular weight is 897 g/mol. The molecule has 3 aromatic heterocycles. The van der Waals surface area contributed by atoms with Crippen molar-refractivity contribution in [2.24, 2.45) is 11.3 Å². The highest BCUT2D eigenvalue weighted by Crippen LogP contribution is 2.55. The Kier molecular flexibility index (Phi) is 10.3. The Morgan fingerprint density at radius 1 is 0.864 bits per heavy atom. The van der Waals surface area contributed by atoms with Crippen molar-refractivity contribution in [2.45, 2.75) is 63.5 Å². The number of hydrogen-bond acceptors (Lipinski definition) is 13. The fourth-order valence-corrected chi connectivity index (χ4v) is 11.0. The van der Waals surface area contributed by atoms with Crippen LogP contribution < -0.4 is 25.2 Å². The van der Waals surface area contributed by atoms with Gasteiger partial charge in [-0.3, -0.25) is 43.7 Å². The van der Waals surface area contributed by atoms with Gasteiger partial charge in [-0.05, 0) is 87.7 Å². The molecule has 2 N–H and O–H groups in total. The van der Waals surface area contributed by atoms with Crippen molar-refractivity contribution >= 4 is 69.2 Å². The maximum Gasteiger partial charge on any atom is 0.262 e. The predicted molar refractivity (Wildman–Crippen MR) is 242 cm³/mol. The van der Waals surface area contributed by atoms with Crippen LogP contribution in [0.2, 0.25) is 0 Å². The number of nitrogens with one attached hydrogen (secondary N) is 2. The Labute approximate surface area is 380 Å². The van der Waals surface area contributed by atoms with Gasteiger partial charge in [0.15, 0.2) is 5.65 Å². The summed E-state index contributed by atoms with van der Waals surface area (Å²) in [5, 5.41) is 15.5. The molecule has 66 heavy (non-hydrogen) atoms. The number of piperazine rings is 1. The number of aromatic nitrogens is 5. The fourth-order valence-electron chi connectivity index (χ4n) is 11.0. The van der Waals surface area contributed by atoms with E-state index in [-0.39, 0.29) is 53.2 Å². The molecule has 5 aliphatic heterocycles. The van der Waals surface area contributed by atoms with Crippen LogP contribution in [-0.4, -0.2) is 147 Å². The first-order valence-corrected chi connectivity index (χ1v) is 23.0. The number of likely N-dealkylation sites (N-methyl/N-ethyl adjacent to an activating group) is 1. The number of imide groups is 2. The summed E-state index contributed by atoms with van der Waals surface area (Å²) in [6.45, 7) is 6.37. The number of ether oxygens (including phenoxy) is 1. The molecule has 1 saturated carbocycles. The SMILES string of the molecule is COc1cc2nn(C3CC4(CCN(C(=O)C5CCN(c6ccc7c(c6)C(=O)N(C6CCC(=O)NC6=O)C7=O)CC5)CC4)C3)cc2cc1NC(=O)c1cnn2ccc(N3CCN(C)CC3)nc12. The monoisotopic (exact) mass is 896 g/mol. The van der Waals surface area contributed by atoms with Gasteiger partial charge in [-0.1, -0.05) is 0 Å². The molecule has 2 aromatic carbocycles. The minimum Gasteiger partial charge on any atom is -0.494 e. The van der Waals surface area contributed by atoms with Crippen molar-refractivity contribution in [3.8, 4) is 5.75 Å². The van der Waals surface area contributed by atoms with Crippen molar-refractivity contribution in [2.75, 3.05) is 81.6 Å². The normalized spacial score (nSPS) is 21.8. The molecule has 342 valence electrons. The molecule has 1 aliphatic carbocycles. The van der Waals surface area contributed by atoms with Crippen molar-refractivity contribution in [1.29, 1.82) is 0 Å². The van der Waals surface area contributed by atoms with Crippen LogP contribution >= 0.6 is 0 Å². The van der Waals surface area contributed by atoms with Gasteiger partial charge in [-0.2, -0.15) is 10.2 Å². The van der Waals surface area contributed by atoms with Gasteiger partial charge in [0.1, 0.15) is 23.2 Å². The van der Waals surface area contributed by atoms with Gasteiger partial charge in [0.05, 0.1) is 41.7 Å². The molecular weight excluding hydrogens is 845 g/mol. The fraction of sp³-hybridized carbons (Fsp3) is 0.468. The topological polar surface area (TPSA) is 200 Å². The Hall–Kier alpha value is -6.89. The van der Waals surface area contributed by atoms with E-state index >= 15 is 0 Å². The molecule has 0 radical (unpaired) electrons. The van der Waals surface area contributed by atoms with Gasteiger partial charge in [-0.15, -0.1) is 0 Å². The zero-order chi connectivity index (χ0) is 45.4. The second-order valence-electron chi connectivity index (χ2n) is 18.9. The number of rotatable bonds is 8. The van der Waals surface area contributed by atoms with E-state index < -0.39 is 29.7 Å². The van der Waals surface area contributed by atoms with E-state index in [1.54, 1.807) is 30.0 Å². The zero-order valence-corrected chi connectivity index (χ0v) is 37.1. The Morgan fingerprint density at radius 3 is 2.36 bits per heavy atom. The summed E-state index contributed by atoms with van der Waals surface area (Å²) < 4.78 is 9.39. The Morgan fingerprint density at radius 2 is 1.62 bits per heavy atom. The number of methoxy groups -OCH3 is 1. The second kappa shape index (κ2) is 16.2. The maximum absolute atomic E-state index is 13.8. The third-order valence-corrected chi connectivity index (χ3v) is 15.0. The average Bonchev–Trinajstić information content (AvgIpc) is 4.01. The van der Waals surface area contributed by atoms with Gasteiger partial charge < -0.3 is 29.7 Å². The van der Waals surface area contributed by atoms with Crippen LogP contribution in [0.25, 0.3) is 16.6 Å². The highest BCUT2D eigenvalue weighted by molar-refractivity contribution is 6.23. The summed E-state index contributed by atoms with van der Waals surface area (Å²) in [5.74, 6) is -0.963. The summed E-state index contributed by atoms with van der Waals surface area (Å²) in [6.07, 6.45) is 10.9. The number of piperidine rings is 3. The van der Waals surface area contributed by atoms with Gasteiger partial charge in [-0.25, -0.2) is 9.50 Å². The lowest BCUT2D eigenvalue weighted by atomic mass is 9.60. The molecule has 1 spiro atoms. The van der Waals surface area contributed by atoms with Crippen molar-refractivity contribution in [1.82, 2.24) is 44.4 Å². The third kappa shape index (κ3) is 7.28. The highest BCUT2D eigenvalue weighted by atomic mass is 16.5. The number of carbonyl (C=O) groups is 6. The standard InChI is InChI=1S/C47H52N12O7/c1-53-17-19-55(20-18-53)39-9-14-57-41(50-39)34(26-48-57)42(61)49-36-21-29-27-58(52-35(29)23-38(36)66-2)31-24-47(25-31)10-15-56(16-11-47)44(63)28-7-12-54(13-8-28)30-3-4-32-33(22-30)46(65)59(45(32)64)37-5-6-40(60)51-43(37)62/h3-4,9,14,21-23,26-28,31,37H,5-8,10-13,15-20,24-25H2,1-2H3,(H,49,61)(H,51,60,62). The summed E-state index contributed by atoms with van der Waals surface area (Å²) >= 11 is 0. The van der Waals surface area contributed by atoms with E-state index in [0.29, 0.717) is 48.6 Å². The zero-order valence-electron chi connectivity index (χ0n) is 37.1. The van der Waals surface area contributed by atoms with Crippen LogP contribution in [-0.2, 0) is 14.4 Å². The lowest BCUT2D eigenvalue weighted by Gasteiger charge is -2.52. The number of hydrogen-bond donors (Lipinski definition) is 2. The summed E-state index contributed by atoms with van der Waals surface area (Å²) in [5.41, 5.74) is 3.66. The number of nitrogens with zero attached hydrogens (tertiary/aromatic N) is 10. The van der Waals surface area contributed by atoms with E-state index in [9.17, 15) is 28.8 Å². The van der Waals surface area contributed by atoms with E-state index in [0.717, 1.165) is 92.3 Å². The maximum atomic E-state index is 13.8. The van der Waals surface area contributed by atoms with Crippen LogP contribution in [0.1, 0.15) is 88.5 Å². The molecule has 19 heteroatoms. The van der Waals surface area contributed by atoms with E-state index in [2.05, 4.69) is 37.5 Å². The van der Waals surface area contributed by atoms with Crippen LogP contribution in [0.15, 0.2) is 55.0 Å². The van der Waals surface area contributed by atoms with Crippen LogP contribution in [0.5, 0.6) is 5.75 Å². The molecule has 4 saturated heterocycles. The lowest BCUT2D eigenvalue weighted by Crippen LogP contribution is -2.54. The molecule has 0 bridgehead atoms. The van der Waals surface area contributed by atoms with Crippen LogP contribution in [0.4, 0.5) is 17.2 Å². The van der Waals surface area contributed by atoms with Gasteiger partial charge in [0.2, 0.25) is 17.7 Å². The van der Waals surface area contributed by atoms with E-state index in [1.165, 1.54) is 0 Å². The molecule has 5 fully saturated rings. The quantitative estimate of drug-likeness (QED) is 0.215. The second-order valence-corrected chi connectivity index (χ2v) is 18.9. The minimum absolute atomic E-state index is 0.0686. The number of anilines is 3. The van der Waals surface area contributed by atoms with Crippen LogP contribution in [0.3, 0.4) is 0 Å². The number of carbonyl (C=O) groups excluding carboxylic acids is 6. The third-order valence-electron chi connectivity index (χ3n) is 15.0. The minimum atomic E-state index is -1.01. The lowest BCUT2D eigenvalue weighted by molar-refractivity contribution is -0.140. The number of fused-ring (bicyclic) bond motifs is 3. The molecule has 6 amide bonds. The molecule has 8 heterocycles.